The molecule has 6 heteroatoms. The second-order valence-electron chi connectivity index (χ2n) is 3.97. The standard InChI is InChI=1S/C14H9FN2O2S/c15-9-3-5-10(6-4-9)17-14(18)12-13(19-8-16-12)11-2-1-7-20-11/h1-8H,(H,17,18). The summed E-state index contributed by atoms with van der Waals surface area (Å²) < 4.78 is 18.1. The Labute approximate surface area is 117 Å². The lowest BCUT2D eigenvalue weighted by Crippen LogP contribution is -2.13. The maximum Gasteiger partial charge on any atom is 0.278 e. The van der Waals surface area contributed by atoms with Crippen LogP contribution in [0, 0.1) is 5.82 Å². The summed E-state index contributed by atoms with van der Waals surface area (Å²) in [6.45, 7) is 0. The molecule has 2 heterocycles. The topological polar surface area (TPSA) is 55.1 Å². The molecule has 0 aliphatic rings. The predicted molar refractivity (Wildman–Crippen MR) is 74.2 cm³/mol. The van der Waals surface area contributed by atoms with Gasteiger partial charge < -0.3 is 9.73 Å². The van der Waals surface area contributed by atoms with E-state index in [4.69, 9.17) is 4.42 Å². The van der Waals surface area contributed by atoms with Gasteiger partial charge in [-0.2, -0.15) is 0 Å². The molecule has 0 saturated heterocycles. The molecule has 2 aromatic heterocycles. The Morgan fingerprint density at radius 1 is 1.25 bits per heavy atom. The molecule has 1 aromatic carbocycles. The van der Waals surface area contributed by atoms with Gasteiger partial charge in [-0.1, -0.05) is 6.07 Å². The summed E-state index contributed by atoms with van der Waals surface area (Å²) in [7, 11) is 0. The Morgan fingerprint density at radius 2 is 2.05 bits per heavy atom. The van der Waals surface area contributed by atoms with Crippen molar-refractivity contribution in [3.8, 4) is 10.6 Å². The van der Waals surface area contributed by atoms with Gasteiger partial charge in [0.05, 0.1) is 4.88 Å². The second-order valence-corrected chi connectivity index (χ2v) is 4.92. The van der Waals surface area contributed by atoms with Crippen LogP contribution in [-0.2, 0) is 0 Å². The molecule has 20 heavy (non-hydrogen) atoms. The molecule has 0 aliphatic carbocycles. The fourth-order valence-electron chi connectivity index (χ4n) is 1.71. The van der Waals surface area contributed by atoms with Crippen LogP contribution in [-0.4, -0.2) is 10.9 Å². The fourth-order valence-corrected chi connectivity index (χ4v) is 2.43. The summed E-state index contributed by atoms with van der Waals surface area (Å²) in [5.74, 6) is -0.322. The summed E-state index contributed by atoms with van der Waals surface area (Å²) in [5.41, 5.74) is 0.702. The van der Waals surface area contributed by atoms with E-state index in [2.05, 4.69) is 10.3 Å². The van der Waals surface area contributed by atoms with E-state index in [1.807, 2.05) is 17.5 Å². The second kappa shape index (κ2) is 5.26. The largest absolute Gasteiger partial charge is 0.442 e. The van der Waals surface area contributed by atoms with Gasteiger partial charge in [-0.05, 0) is 35.7 Å². The lowest BCUT2D eigenvalue weighted by molar-refractivity contribution is 0.102. The van der Waals surface area contributed by atoms with Crippen molar-refractivity contribution < 1.29 is 13.6 Å². The van der Waals surface area contributed by atoms with E-state index in [0.717, 1.165) is 4.88 Å². The SMILES string of the molecule is O=C(Nc1ccc(F)cc1)c1ncoc1-c1cccs1. The normalized spacial score (nSPS) is 10.4. The molecule has 0 bridgehead atoms. The minimum atomic E-state index is -0.395. The highest BCUT2D eigenvalue weighted by molar-refractivity contribution is 7.13. The van der Waals surface area contributed by atoms with E-state index >= 15 is 0 Å². The van der Waals surface area contributed by atoms with Crippen molar-refractivity contribution in [3.63, 3.8) is 0 Å². The number of aromatic nitrogens is 1. The van der Waals surface area contributed by atoms with Crippen LogP contribution in [0.25, 0.3) is 10.6 Å². The third kappa shape index (κ3) is 2.46. The first kappa shape index (κ1) is 12.6. The highest BCUT2D eigenvalue weighted by Crippen LogP contribution is 2.28. The first-order chi connectivity index (χ1) is 9.74. The van der Waals surface area contributed by atoms with Gasteiger partial charge in [0.25, 0.3) is 5.91 Å². The zero-order chi connectivity index (χ0) is 13.9. The molecule has 100 valence electrons. The number of nitrogens with zero attached hydrogens (tertiary/aromatic N) is 1. The lowest BCUT2D eigenvalue weighted by Gasteiger charge is -2.03. The molecule has 3 aromatic rings. The van der Waals surface area contributed by atoms with E-state index in [1.54, 1.807) is 0 Å². The maximum atomic E-state index is 12.8. The molecule has 1 amide bonds. The van der Waals surface area contributed by atoms with Crippen LogP contribution < -0.4 is 5.32 Å². The number of carbonyl (C=O) groups excluding carboxylic acids is 1. The molecule has 0 unspecified atom stereocenters. The quantitative estimate of drug-likeness (QED) is 0.797. The number of thiophene rings is 1. The monoisotopic (exact) mass is 288 g/mol. The van der Waals surface area contributed by atoms with Crippen molar-refractivity contribution in [1.82, 2.24) is 4.98 Å². The number of amides is 1. The summed E-state index contributed by atoms with van der Waals surface area (Å²) in [5, 5.41) is 4.54. The zero-order valence-corrected chi connectivity index (χ0v) is 11.0. The summed E-state index contributed by atoms with van der Waals surface area (Å²) in [6.07, 6.45) is 1.23. The number of nitrogens with one attached hydrogen (secondary N) is 1. The van der Waals surface area contributed by atoms with Crippen LogP contribution >= 0.6 is 11.3 Å². The molecule has 0 radical (unpaired) electrons. The van der Waals surface area contributed by atoms with E-state index in [0.29, 0.717) is 11.4 Å². The Kier molecular flexibility index (Phi) is 3.30. The molecule has 1 N–H and O–H groups in total. The predicted octanol–water partition coefficient (Wildman–Crippen LogP) is 3.79. The van der Waals surface area contributed by atoms with Gasteiger partial charge in [0, 0.05) is 5.69 Å². The van der Waals surface area contributed by atoms with Gasteiger partial charge in [0.15, 0.2) is 17.8 Å². The number of hydrogen-bond acceptors (Lipinski definition) is 4. The van der Waals surface area contributed by atoms with E-state index < -0.39 is 5.91 Å². The number of oxazole rings is 1. The van der Waals surface area contributed by atoms with Crippen molar-refractivity contribution in [2.45, 2.75) is 0 Å². The first-order valence-electron chi connectivity index (χ1n) is 5.78. The van der Waals surface area contributed by atoms with E-state index in [-0.39, 0.29) is 11.5 Å². The van der Waals surface area contributed by atoms with Crippen LogP contribution in [0.2, 0.25) is 0 Å². The van der Waals surface area contributed by atoms with Crippen LogP contribution in [0.4, 0.5) is 10.1 Å². The van der Waals surface area contributed by atoms with Crippen LogP contribution in [0.3, 0.4) is 0 Å². The minimum absolute atomic E-state index is 0.205. The fraction of sp³-hybridized carbons (Fsp3) is 0. The molecular formula is C14H9FN2O2S. The van der Waals surface area contributed by atoms with Gasteiger partial charge in [0.2, 0.25) is 0 Å². The van der Waals surface area contributed by atoms with Crippen molar-refractivity contribution in [3.05, 3.63) is 59.7 Å². The molecule has 0 spiro atoms. The average molecular weight is 288 g/mol. The molecule has 4 nitrogen and oxygen atoms in total. The third-order valence-electron chi connectivity index (χ3n) is 2.63. The first-order valence-corrected chi connectivity index (χ1v) is 6.66. The van der Waals surface area contributed by atoms with Crippen molar-refractivity contribution in [2.75, 3.05) is 5.32 Å². The Hall–Kier alpha value is -2.47. The molecule has 3 rings (SSSR count). The van der Waals surface area contributed by atoms with Crippen LogP contribution in [0.5, 0.6) is 0 Å². The van der Waals surface area contributed by atoms with Crippen LogP contribution in [0.1, 0.15) is 10.5 Å². The van der Waals surface area contributed by atoms with Crippen molar-refractivity contribution in [1.29, 1.82) is 0 Å². The average Bonchev–Trinajstić information content (AvgIpc) is 3.11. The third-order valence-corrected chi connectivity index (χ3v) is 3.50. The number of carbonyl (C=O) groups is 1. The zero-order valence-electron chi connectivity index (χ0n) is 10.2. The minimum Gasteiger partial charge on any atom is -0.442 e. The summed E-state index contributed by atoms with van der Waals surface area (Å²) >= 11 is 1.46. The lowest BCUT2D eigenvalue weighted by atomic mass is 10.2. The van der Waals surface area contributed by atoms with Crippen molar-refractivity contribution >= 4 is 22.9 Å². The van der Waals surface area contributed by atoms with Gasteiger partial charge >= 0.3 is 0 Å². The number of rotatable bonds is 3. The Bertz CT molecular complexity index is 720. The van der Waals surface area contributed by atoms with Gasteiger partial charge in [-0.3, -0.25) is 4.79 Å². The highest BCUT2D eigenvalue weighted by atomic mass is 32.1. The number of benzene rings is 1. The maximum absolute atomic E-state index is 12.8. The molecular weight excluding hydrogens is 279 g/mol. The van der Waals surface area contributed by atoms with E-state index in [9.17, 15) is 9.18 Å². The number of halogens is 1. The van der Waals surface area contributed by atoms with Gasteiger partial charge in [0.1, 0.15) is 5.82 Å². The van der Waals surface area contributed by atoms with E-state index in [1.165, 1.54) is 42.0 Å². The Balaban J connectivity index is 1.85. The number of anilines is 1. The highest BCUT2D eigenvalue weighted by Gasteiger charge is 2.19. The Morgan fingerprint density at radius 3 is 2.75 bits per heavy atom. The molecule has 0 aliphatic heterocycles. The van der Waals surface area contributed by atoms with Gasteiger partial charge in [-0.15, -0.1) is 11.3 Å². The summed E-state index contributed by atoms with van der Waals surface area (Å²) in [6, 6.07) is 9.23. The van der Waals surface area contributed by atoms with Crippen molar-refractivity contribution in [2.24, 2.45) is 0 Å². The van der Waals surface area contributed by atoms with Crippen LogP contribution in [0.15, 0.2) is 52.6 Å². The van der Waals surface area contributed by atoms with Gasteiger partial charge in [-0.25, -0.2) is 9.37 Å². The molecule has 0 atom stereocenters. The summed E-state index contributed by atoms with van der Waals surface area (Å²) in [4.78, 5) is 16.9. The molecule has 0 saturated carbocycles. The number of hydrogen-bond donors (Lipinski definition) is 1. The molecule has 0 fully saturated rings. The smallest absolute Gasteiger partial charge is 0.278 e.